The summed E-state index contributed by atoms with van der Waals surface area (Å²) in [4.78, 5) is 21.0. The van der Waals surface area contributed by atoms with Crippen molar-refractivity contribution in [2.24, 2.45) is 0 Å². The van der Waals surface area contributed by atoms with E-state index >= 15 is 0 Å². The van der Waals surface area contributed by atoms with Crippen molar-refractivity contribution in [2.75, 3.05) is 13.7 Å². The van der Waals surface area contributed by atoms with Crippen LogP contribution in [0.15, 0.2) is 11.8 Å². The topological polar surface area (TPSA) is 58.6 Å². The third-order valence-corrected chi connectivity index (χ3v) is 1.31. The number of amides is 1. The minimum atomic E-state index is -4.77. The lowest BCUT2D eigenvalue weighted by Gasteiger charge is -2.18. The zero-order valence-electron chi connectivity index (χ0n) is 8.67. The number of nitrogens with zero attached hydrogens (tertiary/aromatic N) is 1. The maximum Gasteiger partial charge on any atom is 0.432 e. The van der Waals surface area contributed by atoms with Gasteiger partial charge in [-0.05, 0) is 6.92 Å². The highest BCUT2D eigenvalue weighted by molar-refractivity contribution is 5.82. The second kappa shape index (κ2) is 5.99. The van der Waals surface area contributed by atoms with Gasteiger partial charge in [-0.25, -0.2) is 4.79 Å². The third kappa shape index (κ3) is 5.23. The van der Waals surface area contributed by atoms with Crippen LogP contribution in [0.25, 0.3) is 0 Å². The Hall–Kier alpha value is -1.73. The van der Waals surface area contributed by atoms with Gasteiger partial charge in [-0.2, -0.15) is 13.2 Å². The van der Waals surface area contributed by atoms with Crippen LogP contribution >= 0.6 is 0 Å². The van der Waals surface area contributed by atoms with E-state index < -0.39 is 17.8 Å². The Labute approximate surface area is 89.8 Å². The van der Waals surface area contributed by atoms with E-state index in [0.29, 0.717) is 5.01 Å². The van der Waals surface area contributed by atoms with E-state index in [2.05, 4.69) is 4.74 Å². The molecule has 0 aromatic carbocycles. The van der Waals surface area contributed by atoms with E-state index in [0.717, 1.165) is 7.05 Å². The fourth-order valence-corrected chi connectivity index (χ4v) is 0.696. The zero-order chi connectivity index (χ0) is 12.8. The molecular weight excluding hydrogens is 229 g/mol. The summed E-state index contributed by atoms with van der Waals surface area (Å²) in [7, 11) is 1.07. The number of allylic oxidation sites excluding steroid dienone is 1. The Morgan fingerprint density at radius 2 is 2.06 bits per heavy atom. The number of nitrogens with one attached hydrogen (secondary N) is 1. The highest BCUT2D eigenvalue weighted by atomic mass is 19.4. The Morgan fingerprint density at radius 1 is 1.50 bits per heavy atom. The molecule has 0 aliphatic rings. The molecule has 0 saturated carbocycles. The molecule has 0 fully saturated rings. The van der Waals surface area contributed by atoms with Crippen LogP contribution in [0.2, 0.25) is 0 Å². The van der Waals surface area contributed by atoms with Crippen LogP contribution < -0.4 is 5.43 Å². The summed E-state index contributed by atoms with van der Waals surface area (Å²) in [6, 6.07) is 0. The smallest absolute Gasteiger partial charge is 0.432 e. The van der Waals surface area contributed by atoms with Gasteiger partial charge in [0.1, 0.15) is 5.70 Å². The Bertz CT molecular complexity index is 289. The summed E-state index contributed by atoms with van der Waals surface area (Å²) < 4.78 is 41.3. The summed E-state index contributed by atoms with van der Waals surface area (Å²) in [6.07, 6.45) is -4.40. The van der Waals surface area contributed by atoms with Gasteiger partial charge in [0, 0.05) is 7.05 Å². The summed E-state index contributed by atoms with van der Waals surface area (Å²) in [5.74, 6) is -1.14. The number of carbonyl (C=O) groups is 2. The van der Waals surface area contributed by atoms with Gasteiger partial charge < -0.3 is 4.74 Å². The third-order valence-electron chi connectivity index (χ3n) is 1.31. The first-order valence-electron chi connectivity index (χ1n) is 4.21. The molecule has 16 heavy (non-hydrogen) atoms. The van der Waals surface area contributed by atoms with Crippen molar-refractivity contribution in [1.29, 1.82) is 0 Å². The van der Waals surface area contributed by atoms with Crippen LogP contribution in [-0.4, -0.2) is 37.2 Å². The van der Waals surface area contributed by atoms with E-state index in [1.165, 1.54) is 6.92 Å². The molecule has 0 rings (SSSR count). The van der Waals surface area contributed by atoms with Gasteiger partial charge in [0.2, 0.25) is 6.41 Å². The molecule has 0 saturated heterocycles. The summed E-state index contributed by atoms with van der Waals surface area (Å²) in [5.41, 5.74) is 0.322. The molecule has 8 heteroatoms. The molecule has 0 atom stereocenters. The van der Waals surface area contributed by atoms with Crippen molar-refractivity contribution < 1.29 is 27.5 Å². The summed E-state index contributed by atoms with van der Waals surface area (Å²) >= 11 is 0. The van der Waals surface area contributed by atoms with Crippen molar-refractivity contribution in [1.82, 2.24) is 10.4 Å². The largest absolute Gasteiger partial charge is 0.463 e. The molecule has 1 amide bonds. The normalized spacial score (nSPS) is 11.9. The second-order valence-corrected chi connectivity index (χ2v) is 2.64. The van der Waals surface area contributed by atoms with Crippen molar-refractivity contribution >= 4 is 12.4 Å². The predicted octanol–water partition coefficient (Wildman–Crippen LogP) is 0.589. The lowest BCUT2D eigenvalue weighted by Crippen LogP contribution is -2.38. The summed E-state index contributed by atoms with van der Waals surface area (Å²) in [5, 5.41) is 0.526. The molecule has 0 unspecified atom stereocenters. The average molecular weight is 240 g/mol. The predicted molar refractivity (Wildman–Crippen MR) is 47.7 cm³/mol. The lowest BCUT2D eigenvalue weighted by molar-refractivity contribution is -0.139. The number of hydrogen-bond acceptors (Lipinski definition) is 4. The number of hydrogen-bond donors (Lipinski definition) is 1. The van der Waals surface area contributed by atoms with Crippen molar-refractivity contribution in [3.8, 4) is 0 Å². The maximum absolute atomic E-state index is 12.3. The van der Waals surface area contributed by atoms with E-state index in [1.54, 1.807) is 5.43 Å². The monoisotopic (exact) mass is 240 g/mol. The van der Waals surface area contributed by atoms with Crippen molar-refractivity contribution in [2.45, 2.75) is 13.1 Å². The van der Waals surface area contributed by atoms with Crippen LogP contribution in [0.5, 0.6) is 0 Å². The maximum atomic E-state index is 12.3. The minimum absolute atomic E-state index is 0.0377. The van der Waals surface area contributed by atoms with Crippen molar-refractivity contribution in [3.63, 3.8) is 0 Å². The standard InChI is InChI=1S/C8H11F3N2O3/c1-3-16-7(15)4-6(8(9,10)11)12-13(2)5-14/h4-5,12H,3H2,1-2H3/b6-4+. The van der Waals surface area contributed by atoms with E-state index in [-0.39, 0.29) is 19.1 Å². The molecule has 5 nitrogen and oxygen atoms in total. The number of alkyl halides is 3. The van der Waals surface area contributed by atoms with Crippen LogP contribution in [0.1, 0.15) is 6.92 Å². The van der Waals surface area contributed by atoms with Crippen molar-refractivity contribution in [3.05, 3.63) is 11.8 Å². The Balaban J connectivity index is 4.80. The number of hydrazine groups is 1. The van der Waals surface area contributed by atoms with Gasteiger partial charge in [0.05, 0.1) is 12.7 Å². The van der Waals surface area contributed by atoms with Crippen LogP contribution in [0.4, 0.5) is 13.2 Å². The van der Waals surface area contributed by atoms with Gasteiger partial charge in [0.15, 0.2) is 0 Å². The fourth-order valence-electron chi connectivity index (χ4n) is 0.696. The first-order valence-corrected chi connectivity index (χ1v) is 4.21. The number of ether oxygens (including phenoxy) is 1. The molecule has 0 aliphatic carbocycles. The zero-order valence-corrected chi connectivity index (χ0v) is 8.67. The highest BCUT2D eigenvalue weighted by Gasteiger charge is 2.35. The van der Waals surface area contributed by atoms with Gasteiger partial charge >= 0.3 is 12.1 Å². The Morgan fingerprint density at radius 3 is 2.44 bits per heavy atom. The van der Waals surface area contributed by atoms with Gasteiger partial charge in [-0.15, -0.1) is 0 Å². The summed E-state index contributed by atoms with van der Waals surface area (Å²) in [6.45, 7) is 1.42. The van der Waals surface area contributed by atoms with Crippen LogP contribution in [0.3, 0.4) is 0 Å². The van der Waals surface area contributed by atoms with E-state index in [9.17, 15) is 22.8 Å². The van der Waals surface area contributed by atoms with E-state index in [4.69, 9.17) is 0 Å². The number of rotatable bonds is 5. The highest BCUT2D eigenvalue weighted by Crippen LogP contribution is 2.23. The SMILES string of the molecule is CCOC(=O)/C=C(/NN(C)C=O)C(F)(F)F. The molecule has 0 spiro atoms. The lowest BCUT2D eigenvalue weighted by atomic mass is 10.4. The second-order valence-electron chi connectivity index (χ2n) is 2.64. The van der Waals surface area contributed by atoms with Gasteiger partial charge in [-0.3, -0.25) is 15.2 Å². The molecule has 0 aromatic heterocycles. The first kappa shape index (κ1) is 14.3. The quantitative estimate of drug-likeness (QED) is 0.330. The number of halogens is 3. The average Bonchev–Trinajstić information content (AvgIpc) is 2.15. The fraction of sp³-hybridized carbons (Fsp3) is 0.500. The van der Waals surface area contributed by atoms with Gasteiger partial charge in [0.25, 0.3) is 0 Å². The molecule has 0 aromatic rings. The Kier molecular flexibility index (Phi) is 5.34. The molecule has 92 valence electrons. The molecule has 1 N–H and O–H groups in total. The molecule has 0 bridgehead atoms. The van der Waals surface area contributed by atoms with Crippen LogP contribution in [-0.2, 0) is 14.3 Å². The van der Waals surface area contributed by atoms with Gasteiger partial charge in [-0.1, -0.05) is 0 Å². The van der Waals surface area contributed by atoms with Crippen LogP contribution in [0, 0.1) is 0 Å². The number of carbonyl (C=O) groups excluding carboxylic acids is 2. The van der Waals surface area contributed by atoms with E-state index in [1.807, 2.05) is 0 Å². The molecule has 0 heterocycles. The molecule has 0 aliphatic heterocycles. The molecule has 0 radical (unpaired) electrons. The first-order chi connectivity index (χ1) is 7.31. The number of esters is 1. The molecular formula is C8H11F3N2O3. The minimum Gasteiger partial charge on any atom is -0.463 e.